The van der Waals surface area contributed by atoms with E-state index in [1.165, 1.54) is 30.5 Å². The van der Waals surface area contributed by atoms with Gasteiger partial charge in [-0.2, -0.15) is 0 Å². The molecule has 1 N–H and O–H groups in total. The molecule has 0 aromatic heterocycles. The van der Waals surface area contributed by atoms with Gasteiger partial charge in [-0.3, -0.25) is 0 Å². The largest absolute Gasteiger partial charge is 0.316 e. The van der Waals surface area contributed by atoms with Crippen molar-refractivity contribution in [2.75, 3.05) is 13.1 Å². The Morgan fingerprint density at radius 3 is 2.85 bits per heavy atom. The second-order valence-electron chi connectivity index (χ2n) is 3.90. The Morgan fingerprint density at radius 1 is 1.31 bits per heavy atom. The normalized spacial score (nSPS) is 23.0. The number of hydrogen-bond donors (Lipinski definition) is 1. The van der Waals surface area contributed by atoms with Crippen LogP contribution in [0.4, 0.5) is 0 Å². The Morgan fingerprint density at radius 2 is 2.15 bits per heavy atom. The summed E-state index contributed by atoms with van der Waals surface area (Å²) in [6, 6.07) is 8.75. The molecule has 0 unspecified atom stereocenters. The van der Waals surface area contributed by atoms with E-state index >= 15 is 0 Å². The van der Waals surface area contributed by atoms with Crippen LogP contribution in [0.1, 0.15) is 29.9 Å². The first-order valence-electron chi connectivity index (χ1n) is 5.14. The third kappa shape index (κ3) is 1.92. The summed E-state index contributed by atoms with van der Waals surface area (Å²) in [4.78, 5) is 0. The van der Waals surface area contributed by atoms with E-state index in [0.717, 1.165) is 12.5 Å². The second kappa shape index (κ2) is 3.93. The van der Waals surface area contributed by atoms with E-state index in [1.54, 1.807) is 0 Å². The SMILES string of the molecule is Cc1ccccc1[C@H]1CCCNC1. The smallest absolute Gasteiger partial charge is 0.00202 e. The Balaban J connectivity index is 2.18. The molecule has 1 heteroatoms. The lowest BCUT2D eigenvalue weighted by molar-refractivity contribution is 0.460. The van der Waals surface area contributed by atoms with Gasteiger partial charge >= 0.3 is 0 Å². The maximum absolute atomic E-state index is 3.46. The molecule has 1 fully saturated rings. The molecule has 2 rings (SSSR count). The van der Waals surface area contributed by atoms with Crippen molar-refractivity contribution in [2.45, 2.75) is 25.7 Å². The zero-order valence-electron chi connectivity index (χ0n) is 8.22. The van der Waals surface area contributed by atoms with Crippen molar-refractivity contribution in [3.63, 3.8) is 0 Å². The molecule has 1 aromatic rings. The topological polar surface area (TPSA) is 12.0 Å². The summed E-state index contributed by atoms with van der Waals surface area (Å²) >= 11 is 0. The van der Waals surface area contributed by atoms with Gasteiger partial charge < -0.3 is 5.32 Å². The molecular formula is C12H17N. The number of rotatable bonds is 1. The van der Waals surface area contributed by atoms with E-state index in [1.807, 2.05) is 0 Å². The van der Waals surface area contributed by atoms with Crippen LogP contribution < -0.4 is 5.32 Å². The molecule has 0 amide bonds. The summed E-state index contributed by atoms with van der Waals surface area (Å²) in [5.41, 5.74) is 2.98. The number of hydrogen-bond acceptors (Lipinski definition) is 1. The van der Waals surface area contributed by atoms with Crippen molar-refractivity contribution in [3.05, 3.63) is 35.4 Å². The first-order chi connectivity index (χ1) is 6.38. The zero-order valence-corrected chi connectivity index (χ0v) is 8.22. The maximum atomic E-state index is 3.46. The maximum Gasteiger partial charge on any atom is 0.00202 e. The highest BCUT2D eigenvalue weighted by atomic mass is 14.9. The van der Waals surface area contributed by atoms with Crippen LogP contribution in [0.5, 0.6) is 0 Å². The van der Waals surface area contributed by atoms with E-state index in [-0.39, 0.29) is 0 Å². The molecule has 0 spiro atoms. The van der Waals surface area contributed by atoms with Crippen LogP contribution in [-0.2, 0) is 0 Å². The van der Waals surface area contributed by atoms with Gasteiger partial charge in [-0.05, 0) is 43.4 Å². The van der Waals surface area contributed by atoms with Gasteiger partial charge in [0.15, 0.2) is 0 Å². The third-order valence-corrected chi connectivity index (χ3v) is 2.93. The fraction of sp³-hybridized carbons (Fsp3) is 0.500. The predicted octanol–water partition coefficient (Wildman–Crippen LogP) is 2.46. The van der Waals surface area contributed by atoms with Gasteiger partial charge in [-0.15, -0.1) is 0 Å². The summed E-state index contributed by atoms with van der Waals surface area (Å²) < 4.78 is 0. The van der Waals surface area contributed by atoms with Crippen LogP contribution in [0.25, 0.3) is 0 Å². The van der Waals surface area contributed by atoms with Gasteiger partial charge in [-0.25, -0.2) is 0 Å². The van der Waals surface area contributed by atoms with Crippen molar-refractivity contribution in [3.8, 4) is 0 Å². The van der Waals surface area contributed by atoms with E-state index in [0.29, 0.717) is 0 Å². The van der Waals surface area contributed by atoms with Gasteiger partial charge in [0.2, 0.25) is 0 Å². The molecule has 1 aliphatic rings. The van der Waals surface area contributed by atoms with Crippen molar-refractivity contribution in [1.82, 2.24) is 5.32 Å². The number of aryl methyl sites for hydroxylation is 1. The number of piperidine rings is 1. The van der Waals surface area contributed by atoms with E-state index in [4.69, 9.17) is 0 Å². The summed E-state index contributed by atoms with van der Waals surface area (Å²) in [5.74, 6) is 0.745. The first kappa shape index (κ1) is 8.76. The Labute approximate surface area is 80.2 Å². The first-order valence-corrected chi connectivity index (χ1v) is 5.14. The molecule has 0 aliphatic carbocycles. The molecular weight excluding hydrogens is 158 g/mol. The molecule has 0 radical (unpaired) electrons. The van der Waals surface area contributed by atoms with Crippen molar-refractivity contribution in [2.24, 2.45) is 0 Å². The molecule has 0 bridgehead atoms. The van der Waals surface area contributed by atoms with Crippen LogP contribution >= 0.6 is 0 Å². The van der Waals surface area contributed by atoms with Gasteiger partial charge in [0.25, 0.3) is 0 Å². The molecule has 1 aromatic carbocycles. The van der Waals surface area contributed by atoms with E-state index < -0.39 is 0 Å². The molecule has 1 saturated heterocycles. The van der Waals surface area contributed by atoms with Gasteiger partial charge in [0, 0.05) is 6.54 Å². The number of nitrogens with one attached hydrogen (secondary N) is 1. The van der Waals surface area contributed by atoms with Crippen LogP contribution in [0.3, 0.4) is 0 Å². The predicted molar refractivity (Wildman–Crippen MR) is 56.0 cm³/mol. The standard InChI is InChI=1S/C12H17N/c1-10-5-2-3-7-12(10)11-6-4-8-13-9-11/h2-3,5,7,11,13H,4,6,8-9H2,1H3/t11-/m0/s1. The lowest BCUT2D eigenvalue weighted by Gasteiger charge is -2.24. The van der Waals surface area contributed by atoms with Crippen molar-refractivity contribution < 1.29 is 0 Å². The van der Waals surface area contributed by atoms with Crippen LogP contribution in [0.15, 0.2) is 24.3 Å². The highest BCUT2D eigenvalue weighted by Crippen LogP contribution is 2.25. The molecule has 1 heterocycles. The van der Waals surface area contributed by atoms with Crippen molar-refractivity contribution in [1.29, 1.82) is 0 Å². The lowest BCUT2D eigenvalue weighted by atomic mass is 9.89. The monoisotopic (exact) mass is 175 g/mol. The highest BCUT2D eigenvalue weighted by Gasteiger charge is 2.15. The summed E-state index contributed by atoms with van der Waals surface area (Å²) in [7, 11) is 0. The molecule has 70 valence electrons. The summed E-state index contributed by atoms with van der Waals surface area (Å²) in [6.45, 7) is 4.57. The zero-order chi connectivity index (χ0) is 9.10. The Bertz CT molecular complexity index is 274. The van der Waals surface area contributed by atoms with Crippen LogP contribution in [0.2, 0.25) is 0 Å². The van der Waals surface area contributed by atoms with Gasteiger partial charge in [0.05, 0.1) is 0 Å². The summed E-state index contributed by atoms with van der Waals surface area (Å²) in [5, 5.41) is 3.46. The van der Waals surface area contributed by atoms with Gasteiger partial charge in [0.1, 0.15) is 0 Å². The van der Waals surface area contributed by atoms with Crippen LogP contribution in [0, 0.1) is 6.92 Å². The molecule has 1 aliphatic heterocycles. The second-order valence-corrected chi connectivity index (χ2v) is 3.90. The minimum atomic E-state index is 0.745. The number of benzene rings is 1. The molecule has 0 saturated carbocycles. The fourth-order valence-electron chi connectivity index (χ4n) is 2.16. The average molecular weight is 175 g/mol. The van der Waals surface area contributed by atoms with E-state index in [2.05, 4.69) is 36.5 Å². The Hall–Kier alpha value is -0.820. The fourth-order valence-corrected chi connectivity index (χ4v) is 2.16. The Kier molecular flexibility index (Phi) is 2.65. The molecule has 1 nitrogen and oxygen atoms in total. The summed E-state index contributed by atoms with van der Waals surface area (Å²) in [6.07, 6.45) is 2.66. The van der Waals surface area contributed by atoms with Gasteiger partial charge in [-0.1, -0.05) is 24.3 Å². The molecule has 13 heavy (non-hydrogen) atoms. The average Bonchev–Trinajstić information content (AvgIpc) is 2.20. The third-order valence-electron chi connectivity index (χ3n) is 2.93. The quantitative estimate of drug-likeness (QED) is 0.691. The minimum Gasteiger partial charge on any atom is -0.316 e. The van der Waals surface area contributed by atoms with Crippen molar-refractivity contribution >= 4 is 0 Å². The lowest BCUT2D eigenvalue weighted by Crippen LogP contribution is -2.28. The highest BCUT2D eigenvalue weighted by molar-refractivity contribution is 5.29. The van der Waals surface area contributed by atoms with E-state index in [9.17, 15) is 0 Å². The molecule has 1 atom stereocenters. The minimum absolute atomic E-state index is 0.745. The van der Waals surface area contributed by atoms with Crippen LogP contribution in [-0.4, -0.2) is 13.1 Å².